The predicted molar refractivity (Wildman–Crippen MR) is 226 cm³/mol. The molecule has 2 heterocycles. The SMILES string of the molecule is C=C[C@@H]1C[C@]1(NC(=O)[C@@H]1C[C@@H](Oc2cc(-c3ccccc3)nc3cc(OC)ccc23)CN1C(=O)[C@H](CNC(=O)CCl)NC(=O)OC(C)(C)C)C(=O)NS(=O)(=O)c1ccccc1. The van der Waals surface area contributed by atoms with Crippen molar-refractivity contribution >= 4 is 62.2 Å². The number of nitrogens with zero attached hydrogens (tertiary/aromatic N) is 2. The van der Waals surface area contributed by atoms with Gasteiger partial charge in [-0.15, -0.1) is 18.2 Å². The van der Waals surface area contributed by atoms with Crippen LogP contribution in [0.15, 0.2) is 102 Å². The van der Waals surface area contributed by atoms with Crippen LogP contribution in [-0.4, -0.2) is 103 Å². The van der Waals surface area contributed by atoms with Crippen LogP contribution >= 0.6 is 11.6 Å². The highest BCUT2D eigenvalue weighted by atomic mass is 35.5. The first-order valence-electron chi connectivity index (χ1n) is 19.4. The van der Waals surface area contributed by atoms with Gasteiger partial charge in [0.25, 0.3) is 15.9 Å². The molecule has 5 atom stereocenters. The number of hydrogen-bond donors (Lipinski definition) is 4. The Morgan fingerprint density at radius 3 is 2.33 bits per heavy atom. The summed E-state index contributed by atoms with van der Waals surface area (Å²) in [5.41, 5.74) is -0.740. The number of alkyl halides is 1. The fourth-order valence-electron chi connectivity index (χ4n) is 7.03. The maximum atomic E-state index is 14.6. The van der Waals surface area contributed by atoms with Crippen LogP contribution in [0.5, 0.6) is 11.5 Å². The molecule has 0 unspecified atom stereocenters. The van der Waals surface area contributed by atoms with Gasteiger partial charge in [0, 0.05) is 42.0 Å². The van der Waals surface area contributed by atoms with Crippen molar-refractivity contribution in [3.8, 4) is 22.8 Å². The number of ether oxygens (including phenoxy) is 3. The number of rotatable bonds is 15. The fourth-order valence-corrected chi connectivity index (χ4v) is 8.19. The van der Waals surface area contributed by atoms with Crippen molar-refractivity contribution in [1.29, 1.82) is 0 Å². The van der Waals surface area contributed by atoms with Crippen LogP contribution in [0.3, 0.4) is 0 Å². The molecule has 6 rings (SSSR count). The minimum absolute atomic E-state index is 0.0288. The van der Waals surface area contributed by atoms with Crippen molar-refractivity contribution < 1.29 is 46.6 Å². The van der Waals surface area contributed by atoms with Crippen LogP contribution in [-0.2, 0) is 33.9 Å². The van der Waals surface area contributed by atoms with Gasteiger partial charge in [-0.1, -0.05) is 54.6 Å². The minimum Gasteiger partial charge on any atom is -0.497 e. The molecule has 16 nitrogen and oxygen atoms in total. The maximum absolute atomic E-state index is 14.6. The number of halogens is 1. The van der Waals surface area contributed by atoms with E-state index in [-0.39, 0.29) is 24.3 Å². The zero-order valence-electron chi connectivity index (χ0n) is 34.0. The van der Waals surface area contributed by atoms with Gasteiger partial charge in [-0.25, -0.2) is 22.9 Å². The number of alkyl carbamates (subject to hydrolysis) is 1. The van der Waals surface area contributed by atoms with E-state index in [9.17, 15) is 32.4 Å². The Balaban J connectivity index is 1.35. The third-order valence-corrected chi connectivity index (χ3v) is 11.7. The van der Waals surface area contributed by atoms with E-state index in [1.807, 2.05) is 30.3 Å². The van der Waals surface area contributed by atoms with Crippen LogP contribution < -0.4 is 30.1 Å². The molecule has 18 heteroatoms. The average Bonchev–Trinajstić information content (AvgIpc) is 3.80. The molecular weight excluding hydrogens is 828 g/mol. The summed E-state index contributed by atoms with van der Waals surface area (Å²) in [7, 11) is -2.80. The standard InChI is InChI=1S/C43H47ClN6O10S/c1-6-27-22-43(27,40(54)49-61(56,57)30-15-11-8-12-16-30)48-38(52)35-20-29(25-50(35)39(53)34(24-45-37(51)23-44)47-41(55)60-42(2,3)4)59-36-21-32(26-13-9-7-10-14-26)46-33-19-28(58-5)17-18-31(33)36/h6-19,21,27,29,34-35H,1,20,22-25H2,2-5H3,(H,45,51)(H,47,55)(H,48,52)(H,49,54)/t27-,29-,34+,35+,43-/m1/s1. The van der Waals surface area contributed by atoms with E-state index < -0.39 is 87.4 Å². The number of amides is 5. The lowest BCUT2D eigenvalue weighted by molar-refractivity contribution is -0.141. The van der Waals surface area contributed by atoms with Gasteiger partial charge in [0.15, 0.2) is 0 Å². The highest BCUT2D eigenvalue weighted by Crippen LogP contribution is 2.45. The van der Waals surface area contributed by atoms with Gasteiger partial charge in [0.1, 0.15) is 46.7 Å². The second-order valence-corrected chi connectivity index (χ2v) is 17.6. The van der Waals surface area contributed by atoms with E-state index >= 15 is 0 Å². The smallest absolute Gasteiger partial charge is 0.408 e. The number of nitrogens with one attached hydrogen (secondary N) is 4. The number of carbonyl (C=O) groups excluding carboxylic acids is 5. The van der Waals surface area contributed by atoms with E-state index in [1.54, 1.807) is 51.1 Å². The first kappa shape index (κ1) is 44.4. The predicted octanol–water partition coefficient (Wildman–Crippen LogP) is 4.07. The van der Waals surface area contributed by atoms with Crippen molar-refractivity contribution in [3.05, 3.63) is 97.6 Å². The second-order valence-electron chi connectivity index (χ2n) is 15.6. The normalized spacial score (nSPS) is 20.1. The van der Waals surface area contributed by atoms with Gasteiger partial charge in [-0.3, -0.25) is 19.2 Å². The molecule has 1 aromatic heterocycles. The van der Waals surface area contributed by atoms with E-state index in [4.69, 9.17) is 30.8 Å². The third-order valence-electron chi connectivity index (χ3n) is 10.1. The van der Waals surface area contributed by atoms with Crippen molar-refractivity contribution in [2.24, 2.45) is 5.92 Å². The first-order valence-corrected chi connectivity index (χ1v) is 21.4. The van der Waals surface area contributed by atoms with Crippen LogP contribution in [0.1, 0.15) is 33.6 Å². The zero-order valence-corrected chi connectivity index (χ0v) is 35.5. The molecule has 0 bridgehead atoms. The molecule has 3 aromatic carbocycles. The first-order chi connectivity index (χ1) is 29.0. The molecule has 4 aromatic rings. The number of fused-ring (bicyclic) bond motifs is 1. The third kappa shape index (κ3) is 10.4. The van der Waals surface area contributed by atoms with Gasteiger partial charge < -0.3 is 35.1 Å². The molecule has 2 fully saturated rings. The maximum Gasteiger partial charge on any atom is 0.408 e. The lowest BCUT2D eigenvalue weighted by Gasteiger charge is -2.30. The summed E-state index contributed by atoms with van der Waals surface area (Å²) in [6, 6.07) is 20.9. The van der Waals surface area contributed by atoms with Gasteiger partial charge in [-0.05, 0) is 51.5 Å². The molecule has 1 saturated heterocycles. The number of methoxy groups -OCH3 is 1. The van der Waals surface area contributed by atoms with Crippen LogP contribution in [0.25, 0.3) is 22.2 Å². The molecule has 1 aliphatic heterocycles. The van der Waals surface area contributed by atoms with Gasteiger partial charge in [0.2, 0.25) is 17.7 Å². The summed E-state index contributed by atoms with van der Waals surface area (Å²) in [4.78, 5) is 74.1. The summed E-state index contributed by atoms with van der Waals surface area (Å²) in [6.07, 6.45) is -0.459. The number of benzene rings is 3. The number of hydrogen-bond acceptors (Lipinski definition) is 11. The van der Waals surface area contributed by atoms with Crippen molar-refractivity contribution in [2.45, 2.75) is 67.8 Å². The molecule has 322 valence electrons. The quantitative estimate of drug-likeness (QED) is 0.0988. The Kier molecular flexibility index (Phi) is 13.2. The van der Waals surface area contributed by atoms with Gasteiger partial charge >= 0.3 is 6.09 Å². The van der Waals surface area contributed by atoms with Gasteiger partial charge in [-0.2, -0.15) is 0 Å². The zero-order chi connectivity index (χ0) is 44.1. The van der Waals surface area contributed by atoms with E-state index in [0.717, 1.165) is 5.56 Å². The number of pyridine rings is 1. The highest BCUT2D eigenvalue weighted by Gasteiger charge is 2.61. The largest absolute Gasteiger partial charge is 0.497 e. The lowest BCUT2D eigenvalue weighted by Crippen LogP contribution is -2.59. The Hall–Kier alpha value is -6.20. The Labute approximate surface area is 358 Å². The van der Waals surface area contributed by atoms with Crippen molar-refractivity contribution in [1.82, 2.24) is 30.6 Å². The monoisotopic (exact) mass is 874 g/mol. The van der Waals surface area contributed by atoms with Crippen LogP contribution in [0.4, 0.5) is 4.79 Å². The minimum atomic E-state index is -4.33. The summed E-state index contributed by atoms with van der Waals surface area (Å²) in [5.74, 6) is -3.33. The van der Waals surface area contributed by atoms with E-state index in [0.29, 0.717) is 28.1 Å². The highest BCUT2D eigenvalue weighted by molar-refractivity contribution is 7.90. The van der Waals surface area contributed by atoms with E-state index in [1.165, 1.54) is 42.4 Å². The Morgan fingerprint density at radius 2 is 1.70 bits per heavy atom. The number of sulfonamides is 1. The molecule has 1 aliphatic carbocycles. The average molecular weight is 875 g/mol. The topological polar surface area (TPSA) is 211 Å². The number of likely N-dealkylation sites (tertiary alicyclic amines) is 1. The van der Waals surface area contributed by atoms with Gasteiger partial charge in [0.05, 0.1) is 29.8 Å². The van der Waals surface area contributed by atoms with E-state index in [2.05, 4.69) is 27.3 Å². The lowest BCUT2D eigenvalue weighted by atomic mass is 10.1. The molecule has 61 heavy (non-hydrogen) atoms. The molecule has 0 radical (unpaired) electrons. The Morgan fingerprint density at radius 1 is 1.02 bits per heavy atom. The molecule has 5 amide bonds. The van der Waals surface area contributed by atoms with Crippen LogP contribution in [0, 0.1) is 5.92 Å². The molecule has 4 N–H and O–H groups in total. The summed E-state index contributed by atoms with van der Waals surface area (Å²) < 4.78 is 46.0. The summed E-state index contributed by atoms with van der Waals surface area (Å²) in [6.45, 7) is 8.06. The Bertz CT molecular complexity index is 2430. The second kappa shape index (κ2) is 18.2. The van der Waals surface area contributed by atoms with Crippen molar-refractivity contribution in [2.75, 3.05) is 26.1 Å². The van der Waals surface area contributed by atoms with Crippen LogP contribution in [0.2, 0.25) is 0 Å². The molecule has 0 spiro atoms. The number of carbonyl (C=O) groups is 5. The molecule has 2 aliphatic rings. The number of aromatic nitrogens is 1. The summed E-state index contributed by atoms with van der Waals surface area (Å²) >= 11 is 5.72. The fraction of sp³-hybridized carbons (Fsp3) is 0.349. The van der Waals surface area contributed by atoms with Crippen molar-refractivity contribution in [3.63, 3.8) is 0 Å². The summed E-state index contributed by atoms with van der Waals surface area (Å²) in [5, 5.41) is 8.36. The molecule has 1 saturated carbocycles. The molecular formula is C43H47ClN6O10S.